The Bertz CT molecular complexity index is 501. The van der Waals surface area contributed by atoms with Crippen LogP contribution >= 0.6 is 0 Å². The molecule has 1 aliphatic rings. The Kier molecular flexibility index (Phi) is 4.04. The van der Waals surface area contributed by atoms with E-state index in [1.54, 1.807) is 7.05 Å². The van der Waals surface area contributed by atoms with Crippen LogP contribution in [0.4, 0.5) is 13.2 Å². The van der Waals surface area contributed by atoms with Gasteiger partial charge in [0.2, 0.25) is 0 Å². The number of likely N-dealkylation sites (tertiary alicyclic amines) is 1. The predicted octanol–water partition coefficient (Wildman–Crippen LogP) is 2.83. The highest BCUT2D eigenvalue weighted by Crippen LogP contribution is 2.40. The van der Waals surface area contributed by atoms with Crippen molar-refractivity contribution < 1.29 is 23.1 Å². The number of rotatable bonds is 2. The summed E-state index contributed by atoms with van der Waals surface area (Å²) in [5.74, 6) is -2.43. The molecule has 0 radical (unpaired) electrons. The van der Waals surface area contributed by atoms with Gasteiger partial charge in [-0.15, -0.1) is 0 Å². The lowest BCUT2D eigenvalue weighted by Crippen LogP contribution is -2.40. The zero-order valence-corrected chi connectivity index (χ0v) is 11.0. The van der Waals surface area contributed by atoms with Crippen molar-refractivity contribution in [3.63, 3.8) is 0 Å². The maximum absolute atomic E-state index is 13.1. The lowest BCUT2D eigenvalue weighted by atomic mass is 9.79. The summed E-state index contributed by atoms with van der Waals surface area (Å²) < 4.78 is 39.2. The summed E-state index contributed by atoms with van der Waals surface area (Å²) in [6.45, 7) is 0.908. The van der Waals surface area contributed by atoms with Gasteiger partial charge in [0.05, 0.1) is 11.5 Å². The van der Waals surface area contributed by atoms with E-state index in [2.05, 4.69) is 0 Å². The predicted molar refractivity (Wildman–Crippen MR) is 67.4 cm³/mol. The highest BCUT2D eigenvalue weighted by Gasteiger charge is 2.40. The third-order valence-electron chi connectivity index (χ3n) is 3.80. The van der Waals surface area contributed by atoms with Gasteiger partial charge in [-0.05, 0) is 31.6 Å². The minimum Gasteiger partial charge on any atom is -0.481 e. The van der Waals surface area contributed by atoms with Gasteiger partial charge < -0.3 is 10.0 Å². The van der Waals surface area contributed by atoms with Crippen LogP contribution in [0, 0.1) is 5.92 Å². The number of benzene rings is 1. The molecule has 1 aliphatic heterocycles. The van der Waals surface area contributed by atoms with Crippen LogP contribution in [-0.4, -0.2) is 36.1 Å². The molecule has 2 unspecified atom stereocenters. The molecule has 0 aliphatic carbocycles. The highest BCUT2D eigenvalue weighted by atomic mass is 19.4. The molecular weight excluding hydrogens is 271 g/mol. The Morgan fingerprint density at radius 2 is 2.00 bits per heavy atom. The topological polar surface area (TPSA) is 40.5 Å². The summed E-state index contributed by atoms with van der Waals surface area (Å²) in [4.78, 5) is 13.2. The molecule has 0 bridgehead atoms. The van der Waals surface area contributed by atoms with Gasteiger partial charge in [-0.1, -0.05) is 18.2 Å². The first-order valence-corrected chi connectivity index (χ1v) is 6.38. The normalized spacial score (nSPS) is 24.6. The van der Waals surface area contributed by atoms with Gasteiger partial charge in [-0.2, -0.15) is 13.2 Å². The molecule has 2 atom stereocenters. The van der Waals surface area contributed by atoms with Crippen molar-refractivity contribution in [2.24, 2.45) is 5.92 Å². The summed E-state index contributed by atoms with van der Waals surface area (Å²) in [6.07, 6.45) is -4.10. The van der Waals surface area contributed by atoms with Gasteiger partial charge in [-0.3, -0.25) is 4.79 Å². The number of halogens is 3. The van der Waals surface area contributed by atoms with E-state index >= 15 is 0 Å². The molecule has 1 heterocycles. The molecule has 2 rings (SSSR count). The Morgan fingerprint density at radius 1 is 1.35 bits per heavy atom. The molecule has 0 spiro atoms. The van der Waals surface area contributed by atoms with Crippen molar-refractivity contribution in [3.05, 3.63) is 35.4 Å². The lowest BCUT2D eigenvalue weighted by Gasteiger charge is -2.35. The summed E-state index contributed by atoms with van der Waals surface area (Å²) in [5.41, 5.74) is -0.648. The number of nitrogens with zero attached hydrogens (tertiary/aromatic N) is 1. The number of carboxylic acids is 1. The van der Waals surface area contributed by atoms with E-state index in [1.807, 2.05) is 4.90 Å². The third kappa shape index (κ3) is 2.95. The fourth-order valence-corrected chi connectivity index (χ4v) is 2.80. The SMILES string of the molecule is CN1CCC(C(=O)O)C(c2ccccc2C(F)(F)F)C1. The van der Waals surface area contributed by atoms with Gasteiger partial charge >= 0.3 is 12.1 Å². The lowest BCUT2D eigenvalue weighted by molar-refractivity contribution is -0.145. The molecular formula is C14H16F3NO2. The zero-order chi connectivity index (χ0) is 14.9. The summed E-state index contributed by atoms with van der Waals surface area (Å²) in [6, 6.07) is 5.26. The number of piperidine rings is 1. The zero-order valence-electron chi connectivity index (χ0n) is 11.0. The first-order valence-electron chi connectivity index (χ1n) is 6.38. The maximum Gasteiger partial charge on any atom is 0.416 e. The Labute approximate surface area is 115 Å². The van der Waals surface area contributed by atoms with Crippen molar-refractivity contribution in [1.82, 2.24) is 4.90 Å². The molecule has 1 saturated heterocycles. The van der Waals surface area contributed by atoms with Gasteiger partial charge in [0, 0.05) is 12.5 Å². The van der Waals surface area contributed by atoms with Crippen LogP contribution in [0.15, 0.2) is 24.3 Å². The third-order valence-corrected chi connectivity index (χ3v) is 3.80. The number of likely N-dealkylation sites (N-methyl/N-ethyl adjacent to an activating group) is 1. The van der Waals surface area contributed by atoms with Gasteiger partial charge in [0.25, 0.3) is 0 Å². The molecule has 1 fully saturated rings. The van der Waals surface area contributed by atoms with E-state index in [-0.39, 0.29) is 5.56 Å². The van der Waals surface area contributed by atoms with Crippen molar-refractivity contribution in [1.29, 1.82) is 0 Å². The van der Waals surface area contributed by atoms with E-state index in [4.69, 9.17) is 0 Å². The van der Waals surface area contributed by atoms with Crippen molar-refractivity contribution in [2.45, 2.75) is 18.5 Å². The minimum atomic E-state index is -4.46. The number of hydrogen-bond donors (Lipinski definition) is 1. The van der Waals surface area contributed by atoms with Gasteiger partial charge in [0.1, 0.15) is 0 Å². The van der Waals surface area contributed by atoms with Crippen LogP contribution < -0.4 is 0 Å². The van der Waals surface area contributed by atoms with Crippen LogP contribution in [-0.2, 0) is 11.0 Å². The Balaban J connectivity index is 2.44. The van der Waals surface area contributed by atoms with E-state index in [0.717, 1.165) is 6.07 Å². The molecule has 3 nitrogen and oxygen atoms in total. The first-order chi connectivity index (χ1) is 9.30. The second kappa shape index (κ2) is 5.44. The molecule has 0 aromatic heterocycles. The van der Waals surface area contributed by atoms with Gasteiger partial charge in [0.15, 0.2) is 0 Å². The fourth-order valence-electron chi connectivity index (χ4n) is 2.80. The Morgan fingerprint density at radius 3 is 2.60 bits per heavy atom. The molecule has 1 N–H and O–H groups in total. The number of carbonyl (C=O) groups is 1. The van der Waals surface area contributed by atoms with E-state index in [1.165, 1.54) is 18.2 Å². The summed E-state index contributed by atoms with van der Waals surface area (Å²) in [7, 11) is 1.79. The average Bonchev–Trinajstić information content (AvgIpc) is 2.37. The van der Waals surface area contributed by atoms with Crippen molar-refractivity contribution in [2.75, 3.05) is 20.1 Å². The van der Waals surface area contributed by atoms with E-state index in [0.29, 0.717) is 19.5 Å². The maximum atomic E-state index is 13.1. The number of aliphatic carboxylic acids is 1. The standard InChI is InChI=1S/C14H16F3NO2/c1-18-7-6-10(13(19)20)11(8-18)9-4-2-3-5-12(9)14(15,16)17/h2-5,10-11H,6-8H2,1H3,(H,19,20). The fraction of sp³-hybridized carbons (Fsp3) is 0.500. The monoisotopic (exact) mass is 287 g/mol. The average molecular weight is 287 g/mol. The molecule has 110 valence electrons. The molecule has 0 saturated carbocycles. The van der Waals surface area contributed by atoms with Crippen LogP contribution in [0.3, 0.4) is 0 Å². The Hall–Kier alpha value is -1.56. The number of carboxylic acid groups (broad SMARTS) is 1. The van der Waals surface area contributed by atoms with Crippen molar-refractivity contribution in [3.8, 4) is 0 Å². The quantitative estimate of drug-likeness (QED) is 0.909. The van der Waals surface area contributed by atoms with Crippen LogP contribution in [0.25, 0.3) is 0 Å². The molecule has 0 amide bonds. The number of alkyl halides is 3. The van der Waals surface area contributed by atoms with Crippen molar-refractivity contribution >= 4 is 5.97 Å². The van der Waals surface area contributed by atoms with E-state index in [9.17, 15) is 23.1 Å². The summed E-state index contributed by atoms with van der Waals surface area (Å²) in [5, 5.41) is 9.25. The second-order valence-corrected chi connectivity index (χ2v) is 5.19. The molecule has 1 aromatic carbocycles. The highest BCUT2D eigenvalue weighted by molar-refractivity contribution is 5.72. The van der Waals surface area contributed by atoms with Crippen LogP contribution in [0.5, 0.6) is 0 Å². The molecule has 1 aromatic rings. The van der Waals surface area contributed by atoms with E-state index < -0.39 is 29.5 Å². The number of hydrogen-bond acceptors (Lipinski definition) is 2. The summed E-state index contributed by atoms with van der Waals surface area (Å²) >= 11 is 0. The molecule has 20 heavy (non-hydrogen) atoms. The van der Waals surface area contributed by atoms with Gasteiger partial charge in [-0.25, -0.2) is 0 Å². The molecule has 6 heteroatoms. The van der Waals surface area contributed by atoms with Crippen LogP contribution in [0.2, 0.25) is 0 Å². The second-order valence-electron chi connectivity index (χ2n) is 5.19. The largest absolute Gasteiger partial charge is 0.481 e. The smallest absolute Gasteiger partial charge is 0.416 e. The minimum absolute atomic E-state index is 0.0824. The van der Waals surface area contributed by atoms with Crippen LogP contribution in [0.1, 0.15) is 23.5 Å². The first kappa shape index (κ1) is 14.8.